The Balaban J connectivity index is 0.00000147. The second-order valence-electron chi connectivity index (χ2n) is 6.84. The van der Waals surface area contributed by atoms with Gasteiger partial charge in [-0.2, -0.15) is 0 Å². The molecular formula is C16H29ClN2O. The van der Waals surface area contributed by atoms with Gasteiger partial charge in [-0.05, 0) is 50.9 Å². The predicted octanol–water partition coefficient (Wildman–Crippen LogP) is 2.98. The highest BCUT2D eigenvalue weighted by atomic mass is 35.5. The van der Waals surface area contributed by atoms with Crippen LogP contribution in [0.25, 0.3) is 0 Å². The first-order valence-electron chi connectivity index (χ1n) is 8.31. The van der Waals surface area contributed by atoms with E-state index in [-0.39, 0.29) is 12.4 Å². The van der Waals surface area contributed by atoms with Crippen molar-refractivity contribution in [3.63, 3.8) is 0 Å². The third kappa shape index (κ3) is 3.48. The van der Waals surface area contributed by atoms with Crippen molar-refractivity contribution >= 4 is 18.3 Å². The third-order valence-corrected chi connectivity index (χ3v) is 5.61. The van der Waals surface area contributed by atoms with Gasteiger partial charge in [0.25, 0.3) is 0 Å². The summed E-state index contributed by atoms with van der Waals surface area (Å²) < 4.78 is 0. The highest BCUT2D eigenvalue weighted by Crippen LogP contribution is 2.32. The smallest absolute Gasteiger partial charge is 0.225 e. The molecule has 0 aromatic rings. The van der Waals surface area contributed by atoms with Gasteiger partial charge < -0.3 is 10.2 Å². The van der Waals surface area contributed by atoms with Crippen molar-refractivity contribution in [3.8, 4) is 0 Å². The van der Waals surface area contributed by atoms with Crippen LogP contribution < -0.4 is 5.32 Å². The first kappa shape index (κ1) is 16.1. The lowest BCUT2D eigenvalue weighted by atomic mass is 9.80. The molecule has 116 valence electrons. The van der Waals surface area contributed by atoms with Crippen molar-refractivity contribution in [1.29, 1.82) is 0 Å². The summed E-state index contributed by atoms with van der Waals surface area (Å²) in [7, 11) is 0. The Morgan fingerprint density at radius 2 is 1.75 bits per heavy atom. The van der Waals surface area contributed by atoms with E-state index in [4.69, 9.17) is 0 Å². The molecule has 3 rings (SSSR count). The van der Waals surface area contributed by atoms with E-state index in [0.29, 0.717) is 23.9 Å². The highest BCUT2D eigenvalue weighted by Gasteiger charge is 2.34. The molecule has 2 heterocycles. The molecule has 3 aliphatic rings. The van der Waals surface area contributed by atoms with Gasteiger partial charge in [-0.1, -0.05) is 13.3 Å². The van der Waals surface area contributed by atoms with Gasteiger partial charge >= 0.3 is 0 Å². The minimum atomic E-state index is 0. The zero-order valence-electron chi connectivity index (χ0n) is 12.6. The molecule has 3 nitrogen and oxygen atoms in total. The maximum absolute atomic E-state index is 12.7. The lowest BCUT2D eigenvalue weighted by Crippen LogP contribution is -2.42. The molecule has 0 spiro atoms. The highest BCUT2D eigenvalue weighted by molar-refractivity contribution is 5.85. The molecule has 3 fully saturated rings. The number of carbonyl (C=O) groups is 1. The molecule has 2 atom stereocenters. The Hall–Kier alpha value is -0.280. The Labute approximate surface area is 129 Å². The molecule has 1 saturated carbocycles. The maximum Gasteiger partial charge on any atom is 0.225 e. The minimum absolute atomic E-state index is 0. The first-order valence-corrected chi connectivity index (χ1v) is 8.31. The van der Waals surface area contributed by atoms with Crippen molar-refractivity contribution in [2.45, 2.75) is 70.4 Å². The van der Waals surface area contributed by atoms with Crippen molar-refractivity contribution in [1.82, 2.24) is 10.2 Å². The number of halogens is 1. The standard InChI is InChI=1S/C16H28N2O.ClH/c1-2-12-3-5-13(6-4-12)16(19)18-10-9-14-7-8-15(11-18)17-14;/h12-15,17H,2-11H2,1H3;1H. The monoisotopic (exact) mass is 300 g/mol. The SMILES string of the molecule is CCC1CCC(C(=O)N2CCC3CCC(C2)N3)CC1.Cl. The second kappa shape index (κ2) is 7.13. The Bertz CT molecular complexity index is 328. The second-order valence-corrected chi connectivity index (χ2v) is 6.84. The number of amides is 1. The van der Waals surface area contributed by atoms with Gasteiger partial charge in [-0.15, -0.1) is 12.4 Å². The maximum atomic E-state index is 12.7. The summed E-state index contributed by atoms with van der Waals surface area (Å²) in [5.74, 6) is 1.68. The molecule has 2 saturated heterocycles. The van der Waals surface area contributed by atoms with Gasteiger partial charge in [0.15, 0.2) is 0 Å². The quantitative estimate of drug-likeness (QED) is 0.850. The Morgan fingerprint density at radius 3 is 2.45 bits per heavy atom. The number of fused-ring (bicyclic) bond motifs is 2. The van der Waals surface area contributed by atoms with Crippen LogP contribution in [0.15, 0.2) is 0 Å². The number of hydrogen-bond donors (Lipinski definition) is 1. The molecule has 0 aromatic carbocycles. The number of carbonyl (C=O) groups excluding carboxylic acids is 1. The van der Waals surface area contributed by atoms with Crippen molar-refractivity contribution in [2.75, 3.05) is 13.1 Å². The van der Waals surface area contributed by atoms with E-state index in [1.807, 2.05) is 0 Å². The van der Waals surface area contributed by atoms with E-state index in [2.05, 4.69) is 17.1 Å². The normalized spacial score (nSPS) is 37.1. The summed E-state index contributed by atoms with van der Waals surface area (Å²) in [5, 5.41) is 3.66. The molecule has 20 heavy (non-hydrogen) atoms. The summed E-state index contributed by atoms with van der Waals surface area (Å²) in [4.78, 5) is 14.8. The average Bonchev–Trinajstić information content (AvgIpc) is 2.78. The largest absolute Gasteiger partial charge is 0.341 e. The summed E-state index contributed by atoms with van der Waals surface area (Å²) in [6, 6.07) is 1.25. The molecule has 1 amide bonds. The van der Waals surface area contributed by atoms with Crippen LogP contribution >= 0.6 is 12.4 Å². The van der Waals surface area contributed by atoms with Gasteiger partial charge in [-0.25, -0.2) is 0 Å². The fourth-order valence-electron chi connectivity index (χ4n) is 4.22. The first-order chi connectivity index (χ1) is 9.26. The Morgan fingerprint density at radius 1 is 1.05 bits per heavy atom. The van der Waals surface area contributed by atoms with E-state index >= 15 is 0 Å². The van der Waals surface area contributed by atoms with Gasteiger partial charge in [0, 0.05) is 31.1 Å². The molecule has 2 bridgehead atoms. The van der Waals surface area contributed by atoms with Crippen molar-refractivity contribution < 1.29 is 4.79 Å². The fourth-order valence-corrected chi connectivity index (χ4v) is 4.22. The number of rotatable bonds is 2. The van der Waals surface area contributed by atoms with Crippen molar-refractivity contribution in [3.05, 3.63) is 0 Å². The number of likely N-dealkylation sites (tertiary alicyclic amines) is 1. The summed E-state index contributed by atoms with van der Waals surface area (Å²) in [6.45, 7) is 4.23. The van der Waals surface area contributed by atoms with Gasteiger partial charge in [0.1, 0.15) is 0 Å². The van der Waals surface area contributed by atoms with Crippen LogP contribution in [0.1, 0.15) is 58.3 Å². The van der Waals surface area contributed by atoms with Crippen molar-refractivity contribution in [2.24, 2.45) is 11.8 Å². The van der Waals surface area contributed by atoms with E-state index in [0.717, 1.165) is 38.3 Å². The third-order valence-electron chi connectivity index (χ3n) is 5.61. The molecule has 0 aromatic heterocycles. The molecule has 2 unspecified atom stereocenters. The van der Waals surface area contributed by atoms with Crippen LogP contribution in [0, 0.1) is 11.8 Å². The minimum Gasteiger partial charge on any atom is -0.341 e. The van der Waals surface area contributed by atoms with Crippen LogP contribution in [0.5, 0.6) is 0 Å². The van der Waals surface area contributed by atoms with Gasteiger partial charge in [-0.3, -0.25) is 4.79 Å². The van der Waals surface area contributed by atoms with Crippen LogP contribution in [0.3, 0.4) is 0 Å². The molecule has 0 radical (unpaired) electrons. The predicted molar refractivity (Wildman–Crippen MR) is 84.1 cm³/mol. The fraction of sp³-hybridized carbons (Fsp3) is 0.938. The molecule has 1 N–H and O–H groups in total. The molecule has 2 aliphatic heterocycles. The zero-order valence-corrected chi connectivity index (χ0v) is 13.5. The Kier molecular flexibility index (Phi) is 5.74. The molecule has 4 heteroatoms. The number of nitrogens with zero attached hydrogens (tertiary/aromatic N) is 1. The van der Waals surface area contributed by atoms with Crippen LogP contribution in [-0.4, -0.2) is 36.0 Å². The molecule has 1 aliphatic carbocycles. The lowest BCUT2D eigenvalue weighted by molar-refractivity contribution is -0.137. The topological polar surface area (TPSA) is 32.3 Å². The average molecular weight is 301 g/mol. The lowest BCUT2D eigenvalue weighted by Gasteiger charge is -2.32. The number of hydrogen-bond acceptors (Lipinski definition) is 2. The summed E-state index contributed by atoms with van der Waals surface area (Å²) in [5.41, 5.74) is 0. The van der Waals surface area contributed by atoms with E-state index in [9.17, 15) is 4.79 Å². The van der Waals surface area contributed by atoms with E-state index in [1.165, 1.54) is 32.1 Å². The van der Waals surface area contributed by atoms with E-state index < -0.39 is 0 Å². The van der Waals surface area contributed by atoms with Crippen LogP contribution in [0.2, 0.25) is 0 Å². The summed E-state index contributed by atoms with van der Waals surface area (Å²) >= 11 is 0. The van der Waals surface area contributed by atoms with E-state index in [1.54, 1.807) is 0 Å². The van der Waals surface area contributed by atoms with Gasteiger partial charge in [0.2, 0.25) is 5.91 Å². The molecular weight excluding hydrogens is 272 g/mol. The van der Waals surface area contributed by atoms with Crippen LogP contribution in [-0.2, 0) is 4.79 Å². The zero-order chi connectivity index (χ0) is 13.2. The number of nitrogens with one attached hydrogen (secondary N) is 1. The van der Waals surface area contributed by atoms with Crippen LogP contribution in [0.4, 0.5) is 0 Å². The van der Waals surface area contributed by atoms with Gasteiger partial charge in [0.05, 0.1) is 0 Å². The summed E-state index contributed by atoms with van der Waals surface area (Å²) in [6.07, 6.45) is 9.83.